The minimum absolute atomic E-state index is 0.152. The molecule has 0 radical (unpaired) electrons. The zero-order valence-electron chi connectivity index (χ0n) is 15.2. The molecule has 3 heterocycles. The number of rotatable bonds is 8. The fraction of sp³-hybridized carbons (Fsp3) is 0.222. The molecule has 0 bridgehead atoms. The smallest absolute Gasteiger partial charge is 0.464 e. The van der Waals surface area contributed by atoms with E-state index in [-0.39, 0.29) is 13.3 Å². The Labute approximate surface area is 166 Å². The third kappa shape index (κ3) is 5.77. The molecule has 0 spiro atoms. The summed E-state index contributed by atoms with van der Waals surface area (Å²) in [7, 11) is -4.61. The third-order valence-corrected chi connectivity index (χ3v) is 4.39. The van der Waals surface area contributed by atoms with Crippen molar-refractivity contribution in [3.8, 4) is 18.2 Å². The number of hydrogen-bond acceptors (Lipinski definition) is 8. The zero-order chi connectivity index (χ0) is 20.9. The van der Waals surface area contributed by atoms with Crippen LogP contribution in [0.25, 0.3) is 5.57 Å². The highest BCUT2D eigenvalue weighted by atomic mass is 31.2. The van der Waals surface area contributed by atoms with Crippen LogP contribution in [-0.2, 0) is 15.5 Å². The van der Waals surface area contributed by atoms with Crippen LogP contribution in [0.1, 0.15) is 17.0 Å². The third-order valence-electron chi connectivity index (χ3n) is 3.93. The van der Waals surface area contributed by atoms with Crippen molar-refractivity contribution in [1.29, 1.82) is 0 Å². The molecule has 2 aromatic rings. The Balaban J connectivity index is 1.65. The summed E-state index contributed by atoms with van der Waals surface area (Å²) in [6.45, 7) is -0.223. The van der Waals surface area contributed by atoms with Crippen LogP contribution < -0.4 is 10.5 Å². The number of ether oxygens (including phenoxy) is 1. The molecule has 4 N–H and O–H groups in total. The predicted molar refractivity (Wildman–Crippen MR) is 103 cm³/mol. The number of pyridine rings is 1. The summed E-state index contributed by atoms with van der Waals surface area (Å²) < 4.78 is 26.0. The molecule has 1 atom stereocenters. The highest BCUT2D eigenvalue weighted by Crippen LogP contribution is 2.36. The molecule has 2 aromatic heterocycles. The number of phosphoric ester groups is 1. The lowest BCUT2D eigenvalue weighted by molar-refractivity contribution is 0.110. The number of phosphoric acid groups is 1. The highest BCUT2D eigenvalue weighted by Gasteiger charge is 2.25. The number of hydrogen-bond donors (Lipinski definition) is 3. The minimum atomic E-state index is -4.61. The van der Waals surface area contributed by atoms with Crippen molar-refractivity contribution in [3.63, 3.8) is 0 Å². The monoisotopic (exact) mass is 418 g/mol. The van der Waals surface area contributed by atoms with Crippen molar-refractivity contribution in [1.82, 2.24) is 15.0 Å². The molecular weight excluding hydrogens is 399 g/mol. The average Bonchev–Trinajstić information content (AvgIpc) is 3.14. The van der Waals surface area contributed by atoms with E-state index in [2.05, 4.69) is 20.6 Å². The lowest BCUT2D eigenvalue weighted by Gasteiger charge is -2.30. The first kappa shape index (κ1) is 20.8. The molecule has 1 unspecified atom stereocenters. The summed E-state index contributed by atoms with van der Waals surface area (Å²) in [5.41, 5.74) is 8.31. The van der Waals surface area contributed by atoms with Crippen LogP contribution in [0, 0.1) is 12.3 Å². The van der Waals surface area contributed by atoms with Gasteiger partial charge in [0.1, 0.15) is 12.9 Å². The van der Waals surface area contributed by atoms with Gasteiger partial charge < -0.3 is 29.7 Å². The molecule has 29 heavy (non-hydrogen) atoms. The van der Waals surface area contributed by atoms with Gasteiger partial charge in [-0.15, -0.1) is 6.42 Å². The summed E-state index contributed by atoms with van der Waals surface area (Å²) >= 11 is 0. The van der Waals surface area contributed by atoms with E-state index in [9.17, 15) is 4.57 Å². The molecule has 1 aliphatic rings. The average molecular weight is 418 g/mol. The molecule has 0 aromatic carbocycles. The molecule has 11 heteroatoms. The van der Waals surface area contributed by atoms with Gasteiger partial charge in [0, 0.05) is 36.5 Å². The maximum Gasteiger partial charge on any atom is 0.471 e. The van der Waals surface area contributed by atoms with Crippen LogP contribution in [0.15, 0.2) is 47.3 Å². The van der Waals surface area contributed by atoms with Gasteiger partial charge in [-0.1, -0.05) is 23.2 Å². The molecule has 1 aliphatic heterocycles. The first-order valence-corrected chi connectivity index (χ1v) is 9.96. The number of terminal acetylenes is 1. The molecule has 3 rings (SSSR count). The van der Waals surface area contributed by atoms with Crippen LogP contribution in [0.4, 0.5) is 0 Å². The van der Waals surface area contributed by atoms with E-state index in [4.69, 9.17) is 31.2 Å². The first-order chi connectivity index (χ1) is 13.9. The molecular formula is C18H19N4O6P. The number of allylic oxidation sites excluding steroid dienone is 2. The SMILES string of the molecule is C#CCOc1ccc(Cc2cc(C3=CC=CN(COP(=O)(O)O)C3N)on2)cn1. The Bertz CT molecular complexity index is 989. The lowest BCUT2D eigenvalue weighted by Crippen LogP contribution is -2.41. The second-order valence-corrected chi connectivity index (χ2v) is 7.27. The predicted octanol–water partition coefficient (Wildman–Crippen LogP) is 1.24. The molecule has 0 saturated carbocycles. The molecule has 0 fully saturated rings. The van der Waals surface area contributed by atoms with Crippen molar-refractivity contribution < 1.29 is 28.1 Å². The molecule has 0 aliphatic carbocycles. The Hall–Kier alpha value is -2.93. The lowest BCUT2D eigenvalue weighted by atomic mass is 10.1. The van der Waals surface area contributed by atoms with E-state index in [0.717, 1.165) is 5.56 Å². The summed E-state index contributed by atoms with van der Waals surface area (Å²) in [5.74, 6) is 3.26. The fourth-order valence-corrected chi connectivity index (χ4v) is 2.86. The van der Waals surface area contributed by atoms with Crippen molar-refractivity contribution in [2.75, 3.05) is 13.3 Å². The Morgan fingerprint density at radius 1 is 1.41 bits per heavy atom. The second-order valence-electron chi connectivity index (χ2n) is 6.03. The summed E-state index contributed by atoms with van der Waals surface area (Å²) in [5, 5.41) is 4.05. The number of nitrogens with two attached hydrogens (primary N) is 1. The van der Waals surface area contributed by atoms with Crippen molar-refractivity contribution in [2.24, 2.45) is 5.73 Å². The van der Waals surface area contributed by atoms with Crippen LogP contribution in [0.3, 0.4) is 0 Å². The summed E-state index contributed by atoms with van der Waals surface area (Å²) in [6.07, 6.45) is 11.5. The van der Waals surface area contributed by atoms with Crippen molar-refractivity contribution in [2.45, 2.75) is 12.6 Å². The zero-order valence-corrected chi connectivity index (χ0v) is 16.1. The second kappa shape index (κ2) is 9.05. The fourth-order valence-electron chi connectivity index (χ4n) is 2.58. The van der Waals surface area contributed by atoms with Gasteiger partial charge >= 0.3 is 7.82 Å². The topological polar surface area (TPSA) is 144 Å². The Morgan fingerprint density at radius 2 is 2.24 bits per heavy atom. The van der Waals surface area contributed by atoms with Crippen LogP contribution in [0.5, 0.6) is 5.88 Å². The van der Waals surface area contributed by atoms with E-state index in [0.29, 0.717) is 29.3 Å². The van der Waals surface area contributed by atoms with E-state index in [1.165, 1.54) is 4.90 Å². The van der Waals surface area contributed by atoms with Gasteiger partial charge in [0.05, 0.1) is 5.69 Å². The van der Waals surface area contributed by atoms with Gasteiger partial charge in [-0.25, -0.2) is 9.55 Å². The van der Waals surface area contributed by atoms with Gasteiger partial charge in [-0.2, -0.15) is 0 Å². The standard InChI is InChI=1S/C18H19N4O6P/c1-2-8-26-17-6-5-13(11-20-17)9-14-10-16(28-21-14)15-4-3-7-22(18(15)19)12-27-29(23,24)25/h1,3-7,10-11,18H,8-9,12,19H2,(H2,23,24,25). The van der Waals surface area contributed by atoms with Gasteiger partial charge in [0.15, 0.2) is 12.4 Å². The Morgan fingerprint density at radius 3 is 2.93 bits per heavy atom. The minimum Gasteiger partial charge on any atom is -0.464 e. The van der Waals surface area contributed by atoms with E-state index >= 15 is 0 Å². The molecule has 0 saturated heterocycles. The molecule has 10 nitrogen and oxygen atoms in total. The number of aromatic nitrogens is 2. The molecule has 152 valence electrons. The number of nitrogens with zero attached hydrogens (tertiary/aromatic N) is 3. The van der Waals surface area contributed by atoms with Crippen molar-refractivity contribution in [3.05, 3.63) is 59.8 Å². The highest BCUT2D eigenvalue weighted by molar-refractivity contribution is 7.46. The maximum atomic E-state index is 10.9. The van der Waals surface area contributed by atoms with E-state index in [1.54, 1.807) is 36.7 Å². The van der Waals surface area contributed by atoms with Gasteiger partial charge in [0.2, 0.25) is 5.88 Å². The Kier molecular flexibility index (Phi) is 6.49. The van der Waals surface area contributed by atoms with Crippen LogP contribution in [0.2, 0.25) is 0 Å². The molecule has 0 amide bonds. The first-order valence-electron chi connectivity index (χ1n) is 8.42. The maximum absolute atomic E-state index is 10.9. The van der Waals surface area contributed by atoms with Crippen molar-refractivity contribution >= 4 is 13.4 Å². The van der Waals surface area contributed by atoms with Gasteiger partial charge in [0.25, 0.3) is 0 Å². The summed E-state index contributed by atoms with van der Waals surface area (Å²) in [4.78, 5) is 23.3. The van der Waals surface area contributed by atoms with Crippen LogP contribution in [-0.4, -0.2) is 44.3 Å². The summed E-state index contributed by atoms with van der Waals surface area (Å²) in [6, 6.07) is 5.31. The van der Waals surface area contributed by atoms with Gasteiger partial charge in [-0.05, 0) is 11.6 Å². The van der Waals surface area contributed by atoms with E-state index in [1.807, 2.05) is 6.07 Å². The quantitative estimate of drug-likeness (QED) is 0.423. The largest absolute Gasteiger partial charge is 0.471 e. The van der Waals surface area contributed by atoms with E-state index < -0.39 is 14.0 Å². The van der Waals surface area contributed by atoms with Crippen LogP contribution >= 0.6 is 7.82 Å². The van der Waals surface area contributed by atoms with Gasteiger partial charge in [-0.3, -0.25) is 4.52 Å². The normalized spacial score (nSPS) is 16.4.